The number of amides is 1. The van der Waals surface area contributed by atoms with Gasteiger partial charge in [0.1, 0.15) is 0 Å². The molecule has 1 heterocycles. The maximum absolute atomic E-state index is 12.0. The summed E-state index contributed by atoms with van der Waals surface area (Å²) in [7, 11) is 1.59. The fourth-order valence-electron chi connectivity index (χ4n) is 2.27. The molecular weight excluding hydrogens is 261 g/mol. The molecule has 0 radical (unpaired) electrons. The van der Waals surface area contributed by atoms with Gasteiger partial charge in [0.05, 0.1) is 13.0 Å². The minimum atomic E-state index is -4.28. The van der Waals surface area contributed by atoms with E-state index < -0.39 is 24.9 Å². The number of carbonyl (C=O) groups is 1. The molecule has 0 aromatic carbocycles. The highest BCUT2D eigenvalue weighted by Gasteiger charge is 2.33. The molecule has 0 bridgehead atoms. The minimum absolute atomic E-state index is 0.159. The summed E-state index contributed by atoms with van der Waals surface area (Å²) in [5, 5.41) is 5.82. The van der Waals surface area contributed by atoms with Gasteiger partial charge in [0, 0.05) is 25.5 Å². The molecule has 0 saturated carbocycles. The third-order valence-corrected chi connectivity index (χ3v) is 3.41. The molecule has 2 N–H and O–H groups in total. The fraction of sp³-hybridized carbons (Fsp3) is 0.917. The number of methoxy groups -OCH3 is 1. The maximum atomic E-state index is 12.0. The van der Waals surface area contributed by atoms with E-state index in [0.717, 1.165) is 25.9 Å². The van der Waals surface area contributed by atoms with Gasteiger partial charge in [0.15, 0.2) is 0 Å². The number of hydrogen-bond acceptors (Lipinski definition) is 3. The van der Waals surface area contributed by atoms with Crippen molar-refractivity contribution in [1.82, 2.24) is 10.6 Å². The van der Waals surface area contributed by atoms with Crippen LogP contribution in [-0.2, 0) is 9.53 Å². The number of hydrogen-bond donors (Lipinski definition) is 2. The number of halogens is 3. The number of nitrogens with one attached hydrogen (secondary N) is 2. The zero-order chi connectivity index (χ0) is 14.4. The van der Waals surface area contributed by atoms with Gasteiger partial charge in [-0.05, 0) is 25.9 Å². The molecule has 19 heavy (non-hydrogen) atoms. The summed E-state index contributed by atoms with van der Waals surface area (Å²) in [6, 6.07) is 0. The predicted molar refractivity (Wildman–Crippen MR) is 64.7 cm³/mol. The third kappa shape index (κ3) is 6.24. The first-order chi connectivity index (χ1) is 8.87. The van der Waals surface area contributed by atoms with E-state index in [1.165, 1.54) is 0 Å². The van der Waals surface area contributed by atoms with Gasteiger partial charge in [-0.3, -0.25) is 4.79 Å². The minimum Gasteiger partial charge on any atom is -0.384 e. The zero-order valence-electron chi connectivity index (χ0n) is 11.1. The van der Waals surface area contributed by atoms with Crippen LogP contribution in [0.2, 0.25) is 0 Å². The van der Waals surface area contributed by atoms with Crippen LogP contribution in [0.4, 0.5) is 13.2 Å². The first kappa shape index (κ1) is 16.2. The summed E-state index contributed by atoms with van der Waals surface area (Å²) in [6.07, 6.45) is -4.17. The van der Waals surface area contributed by atoms with Crippen molar-refractivity contribution in [2.24, 2.45) is 5.41 Å². The summed E-state index contributed by atoms with van der Waals surface area (Å²) in [5.74, 6) is -0.550. The highest BCUT2D eigenvalue weighted by Crippen LogP contribution is 2.28. The number of alkyl halides is 3. The summed E-state index contributed by atoms with van der Waals surface area (Å²) in [4.78, 5) is 11.4. The van der Waals surface area contributed by atoms with E-state index >= 15 is 0 Å². The van der Waals surface area contributed by atoms with Gasteiger partial charge >= 0.3 is 6.18 Å². The van der Waals surface area contributed by atoms with E-state index in [-0.39, 0.29) is 5.41 Å². The summed E-state index contributed by atoms with van der Waals surface area (Å²) >= 11 is 0. The second kappa shape index (κ2) is 7.09. The quantitative estimate of drug-likeness (QED) is 0.775. The van der Waals surface area contributed by atoms with Crippen LogP contribution in [0, 0.1) is 5.41 Å². The Bertz CT molecular complexity index is 284. The smallest absolute Gasteiger partial charge is 0.384 e. The third-order valence-electron chi connectivity index (χ3n) is 3.41. The van der Waals surface area contributed by atoms with Crippen molar-refractivity contribution in [3.8, 4) is 0 Å². The van der Waals surface area contributed by atoms with Gasteiger partial charge < -0.3 is 15.4 Å². The summed E-state index contributed by atoms with van der Waals surface area (Å²) < 4.78 is 41.2. The van der Waals surface area contributed by atoms with Crippen molar-refractivity contribution in [2.45, 2.75) is 31.9 Å². The van der Waals surface area contributed by atoms with Gasteiger partial charge in [0.2, 0.25) is 5.91 Å². The molecule has 0 aromatic rings. The molecule has 1 amide bonds. The van der Waals surface area contributed by atoms with Crippen molar-refractivity contribution in [1.29, 1.82) is 0 Å². The van der Waals surface area contributed by atoms with Gasteiger partial charge in [0.25, 0.3) is 0 Å². The Morgan fingerprint density at radius 2 is 2.00 bits per heavy atom. The standard InChI is InChI=1S/C12H21F3N2O2/c1-19-9-11(4-6-16-7-5-11)8-17-10(18)2-3-12(13,14)15/h16H,2-9H2,1H3,(H,17,18). The average Bonchev–Trinajstić information content (AvgIpc) is 2.35. The molecule has 1 aliphatic rings. The van der Waals surface area contributed by atoms with E-state index in [0.29, 0.717) is 13.2 Å². The monoisotopic (exact) mass is 282 g/mol. The number of carbonyl (C=O) groups excluding carboxylic acids is 1. The number of ether oxygens (including phenoxy) is 1. The molecular formula is C12H21F3N2O2. The Balaban J connectivity index is 2.37. The van der Waals surface area contributed by atoms with Crippen molar-refractivity contribution in [3.05, 3.63) is 0 Å². The first-order valence-corrected chi connectivity index (χ1v) is 6.40. The van der Waals surface area contributed by atoms with Crippen LogP contribution in [0.3, 0.4) is 0 Å². The Hall–Kier alpha value is -0.820. The molecule has 0 aliphatic carbocycles. The lowest BCUT2D eigenvalue weighted by atomic mass is 9.79. The largest absolute Gasteiger partial charge is 0.389 e. The van der Waals surface area contributed by atoms with Gasteiger partial charge in [-0.1, -0.05) is 0 Å². The second-order valence-corrected chi connectivity index (χ2v) is 5.07. The maximum Gasteiger partial charge on any atom is 0.389 e. The molecule has 1 saturated heterocycles. The molecule has 1 fully saturated rings. The molecule has 0 unspecified atom stereocenters. The normalized spacial score (nSPS) is 19.2. The molecule has 112 valence electrons. The molecule has 0 atom stereocenters. The van der Waals surface area contributed by atoms with Gasteiger partial charge in [-0.25, -0.2) is 0 Å². The lowest BCUT2D eigenvalue weighted by Crippen LogP contribution is -2.47. The van der Waals surface area contributed by atoms with E-state index in [1.807, 2.05) is 0 Å². The van der Waals surface area contributed by atoms with E-state index in [4.69, 9.17) is 4.74 Å². The highest BCUT2D eigenvalue weighted by atomic mass is 19.4. The van der Waals surface area contributed by atoms with Crippen molar-refractivity contribution in [2.75, 3.05) is 33.4 Å². The van der Waals surface area contributed by atoms with Gasteiger partial charge in [-0.15, -0.1) is 0 Å². The molecule has 1 aliphatic heterocycles. The SMILES string of the molecule is COCC1(CNC(=O)CCC(F)(F)F)CCNCC1. The van der Waals surface area contributed by atoms with Crippen LogP contribution in [0.1, 0.15) is 25.7 Å². The molecule has 0 aromatic heterocycles. The fourth-order valence-corrected chi connectivity index (χ4v) is 2.27. The van der Waals surface area contributed by atoms with Gasteiger partial charge in [-0.2, -0.15) is 13.2 Å². The van der Waals surface area contributed by atoms with E-state index in [2.05, 4.69) is 10.6 Å². The average molecular weight is 282 g/mol. The van der Waals surface area contributed by atoms with Crippen molar-refractivity contribution >= 4 is 5.91 Å². The van der Waals surface area contributed by atoms with E-state index in [9.17, 15) is 18.0 Å². The van der Waals surface area contributed by atoms with Crippen LogP contribution >= 0.6 is 0 Å². The van der Waals surface area contributed by atoms with Crippen LogP contribution in [0.25, 0.3) is 0 Å². The van der Waals surface area contributed by atoms with E-state index in [1.54, 1.807) is 7.11 Å². The van der Waals surface area contributed by atoms with Crippen molar-refractivity contribution < 1.29 is 22.7 Å². The van der Waals surface area contributed by atoms with Crippen LogP contribution in [-0.4, -0.2) is 45.4 Å². The molecule has 7 heteroatoms. The van der Waals surface area contributed by atoms with Crippen LogP contribution < -0.4 is 10.6 Å². The molecule has 4 nitrogen and oxygen atoms in total. The second-order valence-electron chi connectivity index (χ2n) is 5.07. The molecule has 0 spiro atoms. The van der Waals surface area contributed by atoms with Crippen molar-refractivity contribution in [3.63, 3.8) is 0 Å². The number of rotatable bonds is 6. The Kier molecular flexibility index (Phi) is 6.06. The predicted octanol–water partition coefficient (Wildman–Crippen LogP) is 1.46. The topological polar surface area (TPSA) is 50.4 Å². The summed E-state index contributed by atoms with van der Waals surface area (Å²) in [6.45, 7) is 2.55. The molecule has 1 rings (SSSR count). The highest BCUT2D eigenvalue weighted by molar-refractivity contribution is 5.75. The Labute approximate surface area is 111 Å². The van der Waals surface area contributed by atoms with Crippen LogP contribution in [0.15, 0.2) is 0 Å². The van der Waals surface area contributed by atoms with Crippen LogP contribution in [0.5, 0.6) is 0 Å². The summed E-state index contributed by atoms with van der Waals surface area (Å²) in [5.41, 5.74) is -0.159. The zero-order valence-corrected chi connectivity index (χ0v) is 11.1. The lowest BCUT2D eigenvalue weighted by molar-refractivity contribution is -0.144. The Morgan fingerprint density at radius 1 is 1.37 bits per heavy atom. The lowest BCUT2D eigenvalue weighted by Gasteiger charge is -2.37. The Morgan fingerprint density at radius 3 is 2.53 bits per heavy atom. The first-order valence-electron chi connectivity index (χ1n) is 6.40. The number of piperidine rings is 1.